The lowest BCUT2D eigenvalue weighted by Crippen LogP contribution is -2.33. The van der Waals surface area contributed by atoms with Gasteiger partial charge in [0.1, 0.15) is 5.75 Å². The molecule has 0 fully saturated rings. The van der Waals surface area contributed by atoms with Crippen LogP contribution in [0.4, 0.5) is 0 Å². The maximum absolute atomic E-state index is 5.44. The standard InChI is InChI=1S/C17H29NO/c1-6-18-16(13(2)3)9-7-8-15-12-14(4)10-11-17(15)19-5/h10-13,16,18H,6-9H2,1-5H3. The predicted molar refractivity (Wildman–Crippen MR) is 83.0 cm³/mol. The topological polar surface area (TPSA) is 21.3 Å². The predicted octanol–water partition coefficient (Wildman–Crippen LogP) is 3.96. The van der Waals surface area contributed by atoms with E-state index in [1.165, 1.54) is 24.0 Å². The van der Waals surface area contributed by atoms with Crippen LogP contribution in [0.1, 0.15) is 44.7 Å². The van der Waals surface area contributed by atoms with Crippen molar-refractivity contribution in [2.24, 2.45) is 5.92 Å². The van der Waals surface area contributed by atoms with Crippen molar-refractivity contribution in [3.63, 3.8) is 0 Å². The van der Waals surface area contributed by atoms with Gasteiger partial charge in [-0.2, -0.15) is 0 Å². The van der Waals surface area contributed by atoms with Crippen LogP contribution >= 0.6 is 0 Å². The van der Waals surface area contributed by atoms with Crippen LogP contribution in [0.15, 0.2) is 18.2 Å². The molecule has 0 aromatic heterocycles. The molecule has 0 heterocycles. The summed E-state index contributed by atoms with van der Waals surface area (Å²) in [6, 6.07) is 7.06. The van der Waals surface area contributed by atoms with E-state index in [-0.39, 0.29) is 0 Å². The average molecular weight is 263 g/mol. The summed E-state index contributed by atoms with van der Waals surface area (Å²) in [5.41, 5.74) is 2.64. The fraction of sp³-hybridized carbons (Fsp3) is 0.647. The number of ether oxygens (including phenoxy) is 1. The summed E-state index contributed by atoms with van der Waals surface area (Å²) in [6.45, 7) is 9.95. The van der Waals surface area contributed by atoms with Gasteiger partial charge < -0.3 is 10.1 Å². The van der Waals surface area contributed by atoms with Crippen LogP contribution in [0.5, 0.6) is 5.75 Å². The Kier molecular flexibility index (Phi) is 6.93. The van der Waals surface area contributed by atoms with Crippen LogP contribution < -0.4 is 10.1 Å². The number of aryl methyl sites for hydroxylation is 2. The molecule has 108 valence electrons. The average Bonchev–Trinajstić information content (AvgIpc) is 2.38. The summed E-state index contributed by atoms with van der Waals surface area (Å²) >= 11 is 0. The molecule has 1 unspecified atom stereocenters. The highest BCUT2D eigenvalue weighted by Gasteiger charge is 2.12. The molecule has 1 N–H and O–H groups in total. The zero-order chi connectivity index (χ0) is 14.3. The largest absolute Gasteiger partial charge is 0.496 e. The van der Waals surface area contributed by atoms with Crippen molar-refractivity contribution in [3.8, 4) is 5.75 Å². The van der Waals surface area contributed by atoms with Crippen LogP contribution in [-0.4, -0.2) is 19.7 Å². The molecule has 1 aromatic carbocycles. The minimum atomic E-state index is 0.626. The molecule has 1 aromatic rings. The van der Waals surface area contributed by atoms with Gasteiger partial charge in [-0.05, 0) is 50.3 Å². The van der Waals surface area contributed by atoms with Gasteiger partial charge >= 0.3 is 0 Å². The summed E-state index contributed by atoms with van der Waals surface area (Å²) in [4.78, 5) is 0. The van der Waals surface area contributed by atoms with Crippen LogP contribution in [0.2, 0.25) is 0 Å². The van der Waals surface area contributed by atoms with Crippen LogP contribution in [0, 0.1) is 12.8 Å². The van der Waals surface area contributed by atoms with E-state index < -0.39 is 0 Å². The Morgan fingerprint density at radius 3 is 2.58 bits per heavy atom. The zero-order valence-corrected chi connectivity index (χ0v) is 13.1. The number of rotatable bonds is 8. The van der Waals surface area contributed by atoms with Crippen molar-refractivity contribution in [2.45, 2.75) is 53.0 Å². The number of methoxy groups -OCH3 is 1. The van der Waals surface area contributed by atoms with Crippen molar-refractivity contribution in [3.05, 3.63) is 29.3 Å². The molecular formula is C17H29NO. The van der Waals surface area contributed by atoms with Crippen molar-refractivity contribution in [2.75, 3.05) is 13.7 Å². The lowest BCUT2D eigenvalue weighted by atomic mass is 9.96. The molecular weight excluding hydrogens is 234 g/mol. The molecule has 0 bridgehead atoms. The van der Waals surface area contributed by atoms with E-state index in [0.717, 1.165) is 18.7 Å². The first-order chi connectivity index (χ1) is 9.08. The van der Waals surface area contributed by atoms with Gasteiger partial charge in [0.25, 0.3) is 0 Å². The molecule has 0 saturated carbocycles. The summed E-state index contributed by atoms with van der Waals surface area (Å²) in [6.07, 6.45) is 3.53. The van der Waals surface area contributed by atoms with Gasteiger partial charge in [0.2, 0.25) is 0 Å². The highest BCUT2D eigenvalue weighted by Crippen LogP contribution is 2.22. The van der Waals surface area contributed by atoms with Gasteiger partial charge in [-0.15, -0.1) is 0 Å². The minimum absolute atomic E-state index is 0.626. The van der Waals surface area contributed by atoms with Crippen LogP contribution in [-0.2, 0) is 6.42 Å². The van der Waals surface area contributed by atoms with Gasteiger partial charge in [0.15, 0.2) is 0 Å². The van der Waals surface area contributed by atoms with E-state index in [0.29, 0.717) is 12.0 Å². The summed E-state index contributed by atoms with van der Waals surface area (Å²) in [7, 11) is 1.75. The summed E-state index contributed by atoms with van der Waals surface area (Å²) in [5.74, 6) is 1.72. The zero-order valence-electron chi connectivity index (χ0n) is 13.1. The van der Waals surface area contributed by atoms with E-state index in [1.807, 2.05) is 0 Å². The fourth-order valence-electron chi connectivity index (χ4n) is 2.55. The van der Waals surface area contributed by atoms with E-state index in [2.05, 4.69) is 51.2 Å². The molecule has 1 atom stereocenters. The highest BCUT2D eigenvalue weighted by molar-refractivity contribution is 5.36. The SMILES string of the molecule is CCNC(CCCc1cc(C)ccc1OC)C(C)C. The van der Waals surface area contributed by atoms with Crippen molar-refractivity contribution < 1.29 is 4.74 Å². The molecule has 0 spiro atoms. The first kappa shape index (κ1) is 16.0. The second kappa shape index (κ2) is 8.21. The van der Waals surface area contributed by atoms with Crippen molar-refractivity contribution in [1.29, 1.82) is 0 Å². The molecule has 0 amide bonds. The molecule has 19 heavy (non-hydrogen) atoms. The minimum Gasteiger partial charge on any atom is -0.496 e. The van der Waals surface area contributed by atoms with Crippen LogP contribution in [0.3, 0.4) is 0 Å². The molecule has 0 aliphatic rings. The highest BCUT2D eigenvalue weighted by atomic mass is 16.5. The molecule has 1 rings (SSSR count). The van der Waals surface area contributed by atoms with Crippen LogP contribution in [0.25, 0.3) is 0 Å². The third-order valence-corrected chi connectivity index (χ3v) is 3.67. The van der Waals surface area contributed by atoms with Gasteiger partial charge in [-0.25, -0.2) is 0 Å². The summed E-state index contributed by atoms with van der Waals surface area (Å²) in [5, 5.41) is 3.58. The lowest BCUT2D eigenvalue weighted by Gasteiger charge is -2.21. The van der Waals surface area contributed by atoms with Gasteiger partial charge in [0.05, 0.1) is 7.11 Å². The van der Waals surface area contributed by atoms with E-state index in [9.17, 15) is 0 Å². The fourth-order valence-corrected chi connectivity index (χ4v) is 2.55. The Labute approximate surface area is 118 Å². The molecule has 2 nitrogen and oxygen atoms in total. The maximum atomic E-state index is 5.44. The first-order valence-electron chi connectivity index (χ1n) is 7.45. The van der Waals surface area contributed by atoms with Gasteiger partial charge in [-0.3, -0.25) is 0 Å². The second-order valence-electron chi connectivity index (χ2n) is 5.62. The van der Waals surface area contributed by atoms with E-state index >= 15 is 0 Å². The Bertz CT molecular complexity index is 374. The number of nitrogens with one attached hydrogen (secondary N) is 1. The van der Waals surface area contributed by atoms with Gasteiger partial charge in [-0.1, -0.05) is 38.5 Å². The third-order valence-electron chi connectivity index (χ3n) is 3.67. The number of benzene rings is 1. The molecule has 0 aliphatic heterocycles. The first-order valence-corrected chi connectivity index (χ1v) is 7.45. The Hall–Kier alpha value is -1.02. The Balaban J connectivity index is 2.54. The van der Waals surface area contributed by atoms with E-state index in [4.69, 9.17) is 4.74 Å². The third kappa shape index (κ3) is 5.23. The van der Waals surface area contributed by atoms with E-state index in [1.54, 1.807) is 7.11 Å². The lowest BCUT2D eigenvalue weighted by molar-refractivity contribution is 0.374. The Morgan fingerprint density at radius 2 is 2.00 bits per heavy atom. The van der Waals surface area contributed by atoms with Gasteiger partial charge in [0, 0.05) is 6.04 Å². The second-order valence-corrected chi connectivity index (χ2v) is 5.62. The monoisotopic (exact) mass is 263 g/mol. The normalized spacial score (nSPS) is 12.7. The molecule has 2 heteroatoms. The summed E-state index contributed by atoms with van der Waals surface area (Å²) < 4.78 is 5.44. The smallest absolute Gasteiger partial charge is 0.122 e. The van der Waals surface area contributed by atoms with Crippen molar-refractivity contribution in [1.82, 2.24) is 5.32 Å². The molecule has 0 saturated heterocycles. The maximum Gasteiger partial charge on any atom is 0.122 e. The number of hydrogen-bond acceptors (Lipinski definition) is 2. The Morgan fingerprint density at radius 1 is 1.26 bits per heavy atom. The number of hydrogen-bond donors (Lipinski definition) is 1. The van der Waals surface area contributed by atoms with Crippen molar-refractivity contribution >= 4 is 0 Å². The molecule has 0 radical (unpaired) electrons. The molecule has 0 aliphatic carbocycles. The quantitative estimate of drug-likeness (QED) is 0.766.